The van der Waals surface area contributed by atoms with E-state index in [1.807, 2.05) is 18.2 Å². The van der Waals surface area contributed by atoms with Gasteiger partial charge in [-0.2, -0.15) is 0 Å². The first-order valence-electron chi connectivity index (χ1n) is 7.86. The fourth-order valence-electron chi connectivity index (χ4n) is 3.13. The van der Waals surface area contributed by atoms with E-state index in [9.17, 15) is 9.59 Å². The summed E-state index contributed by atoms with van der Waals surface area (Å²) in [5.41, 5.74) is 3.09. The highest BCUT2D eigenvalue weighted by molar-refractivity contribution is 6.33. The van der Waals surface area contributed by atoms with Crippen LogP contribution in [0.25, 0.3) is 0 Å². The Morgan fingerprint density at radius 1 is 1.21 bits per heavy atom. The molecule has 1 aliphatic carbocycles. The maximum absolute atomic E-state index is 12.7. The number of hydrogen-bond donors (Lipinski definition) is 1. The fourth-order valence-corrected chi connectivity index (χ4v) is 3.32. The Morgan fingerprint density at radius 2 is 2.00 bits per heavy atom. The summed E-state index contributed by atoms with van der Waals surface area (Å²) in [5.74, 6) is -0.772. The minimum Gasteiger partial charge on any atom is -0.465 e. The van der Waals surface area contributed by atoms with Crippen molar-refractivity contribution in [2.75, 3.05) is 12.4 Å². The summed E-state index contributed by atoms with van der Waals surface area (Å²) in [6.45, 7) is 0. The predicted octanol–water partition coefficient (Wildman–Crippen LogP) is 4.19. The van der Waals surface area contributed by atoms with E-state index in [0.29, 0.717) is 10.7 Å². The lowest BCUT2D eigenvalue weighted by Gasteiger charge is -2.24. The van der Waals surface area contributed by atoms with Gasteiger partial charge in [0.25, 0.3) is 0 Å². The average molecular weight is 344 g/mol. The van der Waals surface area contributed by atoms with E-state index in [1.54, 1.807) is 18.2 Å². The topological polar surface area (TPSA) is 55.4 Å². The van der Waals surface area contributed by atoms with Gasteiger partial charge in [0.2, 0.25) is 5.91 Å². The molecular weight excluding hydrogens is 326 g/mol. The number of halogens is 1. The van der Waals surface area contributed by atoms with Gasteiger partial charge in [-0.25, -0.2) is 4.79 Å². The second-order valence-electron chi connectivity index (χ2n) is 5.82. The van der Waals surface area contributed by atoms with E-state index in [1.165, 1.54) is 12.7 Å². The molecule has 0 bridgehead atoms. The van der Waals surface area contributed by atoms with Gasteiger partial charge in [0.15, 0.2) is 0 Å². The molecule has 1 unspecified atom stereocenters. The lowest BCUT2D eigenvalue weighted by Crippen LogP contribution is -2.24. The number of anilines is 1. The molecule has 0 aliphatic heterocycles. The smallest absolute Gasteiger partial charge is 0.339 e. The van der Waals surface area contributed by atoms with Gasteiger partial charge < -0.3 is 10.1 Å². The molecular formula is C19H18ClNO3. The van der Waals surface area contributed by atoms with Crippen LogP contribution >= 0.6 is 11.6 Å². The van der Waals surface area contributed by atoms with Gasteiger partial charge >= 0.3 is 5.97 Å². The molecule has 0 aromatic heterocycles. The quantitative estimate of drug-likeness (QED) is 0.850. The molecule has 0 heterocycles. The summed E-state index contributed by atoms with van der Waals surface area (Å²) in [5, 5.41) is 3.19. The Balaban J connectivity index is 1.82. The summed E-state index contributed by atoms with van der Waals surface area (Å²) in [6, 6.07) is 12.9. The molecule has 0 spiro atoms. The Hall–Kier alpha value is -2.33. The van der Waals surface area contributed by atoms with Crippen LogP contribution in [-0.2, 0) is 16.0 Å². The largest absolute Gasteiger partial charge is 0.465 e. The molecule has 3 rings (SSSR count). The minimum atomic E-state index is -0.529. The van der Waals surface area contributed by atoms with Crippen LogP contribution in [0.1, 0.15) is 40.2 Å². The molecule has 1 atom stereocenters. The van der Waals surface area contributed by atoms with Crippen LogP contribution in [0.5, 0.6) is 0 Å². The van der Waals surface area contributed by atoms with Gasteiger partial charge in [-0.05, 0) is 48.6 Å². The molecule has 24 heavy (non-hydrogen) atoms. The molecule has 0 saturated carbocycles. The SMILES string of the molecule is COC(=O)c1cc(NC(=O)C2CCCc3ccccc32)ccc1Cl. The molecule has 0 fully saturated rings. The zero-order chi connectivity index (χ0) is 17.1. The number of hydrogen-bond acceptors (Lipinski definition) is 3. The highest BCUT2D eigenvalue weighted by atomic mass is 35.5. The van der Waals surface area contributed by atoms with Gasteiger partial charge in [0.1, 0.15) is 0 Å². The molecule has 5 heteroatoms. The summed E-state index contributed by atoms with van der Waals surface area (Å²) in [6.07, 6.45) is 2.82. The van der Waals surface area contributed by atoms with Crippen LogP contribution < -0.4 is 5.32 Å². The van der Waals surface area contributed by atoms with Crippen molar-refractivity contribution in [2.24, 2.45) is 0 Å². The number of fused-ring (bicyclic) bond motifs is 1. The van der Waals surface area contributed by atoms with Gasteiger partial charge in [-0.1, -0.05) is 35.9 Å². The molecule has 2 aromatic carbocycles. The van der Waals surface area contributed by atoms with Crippen LogP contribution in [0.4, 0.5) is 5.69 Å². The van der Waals surface area contributed by atoms with E-state index in [-0.39, 0.29) is 17.4 Å². The van der Waals surface area contributed by atoms with E-state index >= 15 is 0 Å². The van der Waals surface area contributed by atoms with Crippen LogP contribution in [0, 0.1) is 0 Å². The Labute approximate surface area is 145 Å². The third kappa shape index (κ3) is 3.29. The van der Waals surface area contributed by atoms with Crippen molar-refractivity contribution in [2.45, 2.75) is 25.2 Å². The molecule has 0 radical (unpaired) electrons. The summed E-state index contributed by atoms with van der Waals surface area (Å²) in [7, 11) is 1.29. The number of benzene rings is 2. The molecule has 1 aliphatic rings. The molecule has 1 amide bonds. The van der Waals surface area contributed by atoms with Crippen molar-refractivity contribution in [1.29, 1.82) is 0 Å². The summed E-state index contributed by atoms with van der Waals surface area (Å²) in [4.78, 5) is 24.4. The summed E-state index contributed by atoms with van der Waals surface area (Å²) < 4.78 is 4.70. The van der Waals surface area contributed by atoms with E-state index in [4.69, 9.17) is 16.3 Å². The van der Waals surface area contributed by atoms with Gasteiger partial charge in [0.05, 0.1) is 23.6 Å². The van der Waals surface area contributed by atoms with Crippen molar-refractivity contribution in [3.63, 3.8) is 0 Å². The number of carbonyl (C=O) groups is 2. The number of esters is 1. The van der Waals surface area contributed by atoms with Crippen molar-refractivity contribution in [3.8, 4) is 0 Å². The van der Waals surface area contributed by atoms with Crippen LogP contribution in [-0.4, -0.2) is 19.0 Å². The van der Waals surface area contributed by atoms with Crippen molar-refractivity contribution in [1.82, 2.24) is 0 Å². The molecule has 4 nitrogen and oxygen atoms in total. The predicted molar refractivity (Wildman–Crippen MR) is 93.5 cm³/mol. The monoisotopic (exact) mass is 343 g/mol. The number of rotatable bonds is 3. The first kappa shape index (κ1) is 16.5. The average Bonchev–Trinajstić information content (AvgIpc) is 2.62. The maximum atomic E-state index is 12.7. The van der Waals surface area contributed by atoms with E-state index in [0.717, 1.165) is 24.8 Å². The third-order valence-electron chi connectivity index (χ3n) is 4.33. The second kappa shape index (κ2) is 7.05. The number of carbonyl (C=O) groups excluding carboxylic acids is 2. The Morgan fingerprint density at radius 3 is 2.79 bits per heavy atom. The highest BCUT2D eigenvalue weighted by Crippen LogP contribution is 2.32. The second-order valence-corrected chi connectivity index (χ2v) is 6.23. The van der Waals surface area contributed by atoms with Gasteiger partial charge in [-0.15, -0.1) is 0 Å². The fraction of sp³-hybridized carbons (Fsp3) is 0.263. The van der Waals surface area contributed by atoms with E-state index < -0.39 is 5.97 Å². The molecule has 124 valence electrons. The Kier molecular flexibility index (Phi) is 4.86. The number of amides is 1. The van der Waals surface area contributed by atoms with Crippen molar-refractivity contribution < 1.29 is 14.3 Å². The third-order valence-corrected chi connectivity index (χ3v) is 4.65. The number of nitrogens with one attached hydrogen (secondary N) is 1. The number of aryl methyl sites for hydroxylation is 1. The zero-order valence-electron chi connectivity index (χ0n) is 13.3. The molecule has 0 saturated heterocycles. The van der Waals surface area contributed by atoms with Crippen LogP contribution in [0.15, 0.2) is 42.5 Å². The first-order valence-corrected chi connectivity index (χ1v) is 8.24. The van der Waals surface area contributed by atoms with Crippen molar-refractivity contribution >= 4 is 29.2 Å². The lowest BCUT2D eigenvalue weighted by molar-refractivity contribution is -0.117. The highest BCUT2D eigenvalue weighted by Gasteiger charge is 2.26. The number of ether oxygens (including phenoxy) is 1. The lowest BCUT2D eigenvalue weighted by atomic mass is 9.82. The molecule has 2 aromatic rings. The maximum Gasteiger partial charge on any atom is 0.339 e. The Bertz CT molecular complexity index is 788. The van der Waals surface area contributed by atoms with Gasteiger partial charge in [0, 0.05) is 5.69 Å². The van der Waals surface area contributed by atoms with Gasteiger partial charge in [-0.3, -0.25) is 4.79 Å². The number of methoxy groups -OCH3 is 1. The summed E-state index contributed by atoms with van der Waals surface area (Å²) >= 11 is 6.01. The van der Waals surface area contributed by atoms with Crippen molar-refractivity contribution in [3.05, 3.63) is 64.2 Å². The minimum absolute atomic E-state index is 0.0692. The standard InChI is InChI=1S/C19H18ClNO3/c1-24-19(23)16-11-13(9-10-17(16)20)21-18(22)15-8-4-6-12-5-2-3-7-14(12)15/h2-3,5,7,9-11,15H,4,6,8H2,1H3,(H,21,22). The van der Waals surface area contributed by atoms with E-state index in [2.05, 4.69) is 11.4 Å². The first-order chi connectivity index (χ1) is 11.6. The van der Waals surface area contributed by atoms with Crippen LogP contribution in [0.3, 0.4) is 0 Å². The normalized spacial score (nSPS) is 16.2. The zero-order valence-corrected chi connectivity index (χ0v) is 14.1. The molecule has 1 N–H and O–H groups in total. The van der Waals surface area contributed by atoms with Crippen LogP contribution in [0.2, 0.25) is 5.02 Å².